The monoisotopic (exact) mass is 337 g/mol. The molecular formula is C13H9BrFN3O2. The van der Waals surface area contributed by atoms with E-state index in [1.165, 1.54) is 24.5 Å². The van der Waals surface area contributed by atoms with Gasteiger partial charge >= 0.3 is 0 Å². The number of hydrogen-bond donors (Lipinski definition) is 0. The number of halogens is 2. The van der Waals surface area contributed by atoms with Crippen LogP contribution in [0.25, 0.3) is 0 Å². The minimum atomic E-state index is -0.373. The van der Waals surface area contributed by atoms with Crippen molar-refractivity contribution < 1.29 is 13.9 Å². The van der Waals surface area contributed by atoms with E-state index >= 15 is 0 Å². The first-order chi connectivity index (χ1) is 9.69. The van der Waals surface area contributed by atoms with Crippen molar-refractivity contribution in [2.45, 2.75) is 0 Å². The Morgan fingerprint density at radius 2 is 2.00 bits per heavy atom. The normalized spacial score (nSPS) is 9.85. The summed E-state index contributed by atoms with van der Waals surface area (Å²) in [6.07, 6.45) is 2.68. The van der Waals surface area contributed by atoms with Crippen molar-refractivity contribution in [2.24, 2.45) is 0 Å². The molecule has 0 spiro atoms. The first-order valence-electron chi connectivity index (χ1n) is 5.62. The largest absolute Gasteiger partial charge is 0.489 e. The zero-order valence-corrected chi connectivity index (χ0v) is 11.8. The Kier molecular flexibility index (Phi) is 4.85. The van der Waals surface area contributed by atoms with Gasteiger partial charge in [0.25, 0.3) is 0 Å². The van der Waals surface area contributed by atoms with E-state index < -0.39 is 0 Å². The zero-order chi connectivity index (χ0) is 14.4. The lowest BCUT2D eigenvalue weighted by Gasteiger charge is -2.09. The Labute approximate surface area is 123 Å². The fraction of sp³-hybridized carbons (Fsp3) is 0.154. The van der Waals surface area contributed by atoms with Crippen LogP contribution >= 0.6 is 15.9 Å². The number of benzene rings is 1. The van der Waals surface area contributed by atoms with Crippen molar-refractivity contribution in [1.82, 2.24) is 9.97 Å². The van der Waals surface area contributed by atoms with E-state index in [-0.39, 0.29) is 24.7 Å². The van der Waals surface area contributed by atoms with Crippen molar-refractivity contribution in [3.63, 3.8) is 0 Å². The average Bonchev–Trinajstić information content (AvgIpc) is 2.47. The van der Waals surface area contributed by atoms with Crippen molar-refractivity contribution >= 4 is 15.9 Å². The third-order valence-electron chi connectivity index (χ3n) is 2.23. The molecule has 0 saturated heterocycles. The highest BCUT2D eigenvalue weighted by Gasteiger charge is 2.03. The maximum atomic E-state index is 13.0. The van der Waals surface area contributed by atoms with Gasteiger partial charge in [-0.3, -0.25) is 0 Å². The zero-order valence-electron chi connectivity index (χ0n) is 10.2. The minimum absolute atomic E-state index is 0.220. The molecule has 20 heavy (non-hydrogen) atoms. The van der Waals surface area contributed by atoms with Crippen molar-refractivity contribution in [2.75, 3.05) is 13.2 Å². The predicted molar refractivity (Wildman–Crippen MR) is 71.8 cm³/mol. The van der Waals surface area contributed by atoms with Crippen LogP contribution in [0.4, 0.5) is 4.39 Å². The molecule has 0 atom stereocenters. The van der Waals surface area contributed by atoms with Gasteiger partial charge < -0.3 is 9.47 Å². The maximum absolute atomic E-state index is 13.0. The van der Waals surface area contributed by atoms with Gasteiger partial charge in [0.2, 0.25) is 5.88 Å². The maximum Gasteiger partial charge on any atom is 0.232 e. The van der Waals surface area contributed by atoms with Gasteiger partial charge in [-0.25, -0.2) is 14.4 Å². The molecule has 0 unspecified atom stereocenters. The number of rotatable bonds is 5. The summed E-state index contributed by atoms with van der Waals surface area (Å²) in [4.78, 5) is 7.71. The molecule has 2 aromatic rings. The highest BCUT2D eigenvalue weighted by Crippen LogP contribution is 2.25. The Morgan fingerprint density at radius 1 is 1.20 bits per heavy atom. The summed E-state index contributed by atoms with van der Waals surface area (Å²) in [6.45, 7) is 0.452. The molecule has 0 amide bonds. The van der Waals surface area contributed by atoms with Crippen molar-refractivity contribution in [3.8, 4) is 17.7 Å². The van der Waals surface area contributed by atoms with Gasteiger partial charge in [-0.15, -0.1) is 0 Å². The molecule has 1 aromatic carbocycles. The molecule has 5 nitrogen and oxygen atoms in total. The van der Waals surface area contributed by atoms with Crippen LogP contribution in [-0.2, 0) is 0 Å². The fourth-order valence-electron chi connectivity index (χ4n) is 1.33. The summed E-state index contributed by atoms with van der Waals surface area (Å²) in [6, 6.07) is 6.04. The summed E-state index contributed by atoms with van der Waals surface area (Å²) in [5.74, 6) is 0.326. The van der Waals surface area contributed by atoms with Gasteiger partial charge in [-0.2, -0.15) is 5.26 Å². The van der Waals surface area contributed by atoms with Gasteiger partial charge in [0.05, 0.1) is 16.9 Å². The van der Waals surface area contributed by atoms with E-state index in [1.54, 1.807) is 6.07 Å². The molecule has 1 aromatic heterocycles. The summed E-state index contributed by atoms with van der Waals surface area (Å²) >= 11 is 3.26. The number of nitrogens with zero attached hydrogens (tertiary/aromatic N) is 3. The Hall–Kier alpha value is -2.20. The minimum Gasteiger partial charge on any atom is -0.489 e. The Bertz CT molecular complexity index is 629. The van der Waals surface area contributed by atoms with Gasteiger partial charge in [-0.05, 0) is 28.1 Å². The van der Waals surface area contributed by atoms with Crippen LogP contribution in [0.15, 0.2) is 35.1 Å². The lowest BCUT2D eigenvalue weighted by Crippen LogP contribution is -2.10. The molecule has 0 fully saturated rings. The van der Waals surface area contributed by atoms with Gasteiger partial charge in [-0.1, -0.05) is 0 Å². The number of ether oxygens (including phenoxy) is 2. The van der Waals surface area contributed by atoms with Crippen LogP contribution in [0.2, 0.25) is 0 Å². The summed E-state index contributed by atoms with van der Waals surface area (Å²) < 4.78 is 24.3. The van der Waals surface area contributed by atoms with E-state index in [2.05, 4.69) is 25.9 Å². The third-order valence-corrected chi connectivity index (χ3v) is 2.88. The molecule has 0 aliphatic rings. The van der Waals surface area contributed by atoms with E-state index in [1.807, 2.05) is 6.07 Å². The molecule has 0 aliphatic heterocycles. The first kappa shape index (κ1) is 14.2. The molecular weight excluding hydrogens is 329 g/mol. The van der Waals surface area contributed by atoms with E-state index in [0.717, 1.165) is 0 Å². The molecule has 7 heteroatoms. The molecule has 0 saturated carbocycles. The Balaban J connectivity index is 1.81. The molecule has 0 radical (unpaired) electrons. The SMILES string of the molecule is N#Cc1cnc(OCCOc2cc(F)ccc2Br)cn1. The van der Waals surface area contributed by atoms with Crippen LogP contribution < -0.4 is 9.47 Å². The summed E-state index contributed by atoms with van der Waals surface area (Å²) in [5.41, 5.74) is 0.220. The first-order valence-corrected chi connectivity index (χ1v) is 6.41. The smallest absolute Gasteiger partial charge is 0.232 e. The second-order valence-corrected chi connectivity index (χ2v) is 4.48. The second-order valence-electron chi connectivity index (χ2n) is 3.62. The van der Waals surface area contributed by atoms with Gasteiger partial charge in [0.15, 0.2) is 5.69 Å². The molecule has 0 bridgehead atoms. The van der Waals surface area contributed by atoms with Crippen LogP contribution in [-0.4, -0.2) is 23.2 Å². The second kappa shape index (κ2) is 6.82. The quantitative estimate of drug-likeness (QED) is 0.784. The van der Waals surface area contributed by atoms with Crippen molar-refractivity contribution in [1.29, 1.82) is 5.26 Å². The van der Waals surface area contributed by atoms with Crippen LogP contribution in [0.5, 0.6) is 11.6 Å². The molecule has 102 valence electrons. The average molecular weight is 338 g/mol. The van der Waals surface area contributed by atoms with Gasteiger partial charge in [0.1, 0.15) is 30.8 Å². The standard InChI is InChI=1S/C13H9BrFN3O2/c14-11-2-1-9(15)5-12(11)19-3-4-20-13-8-17-10(6-16)7-18-13/h1-2,5,7-8H,3-4H2. The van der Waals surface area contributed by atoms with Crippen LogP contribution in [0, 0.1) is 17.1 Å². The molecule has 0 N–H and O–H groups in total. The lowest BCUT2D eigenvalue weighted by molar-refractivity contribution is 0.210. The number of hydrogen-bond acceptors (Lipinski definition) is 5. The summed E-state index contributed by atoms with van der Waals surface area (Å²) in [5, 5.41) is 8.57. The van der Waals surface area contributed by atoms with E-state index in [4.69, 9.17) is 14.7 Å². The van der Waals surface area contributed by atoms with Crippen molar-refractivity contribution in [3.05, 3.63) is 46.6 Å². The number of aromatic nitrogens is 2. The third kappa shape index (κ3) is 3.90. The van der Waals surface area contributed by atoms with Gasteiger partial charge in [0, 0.05) is 6.07 Å². The Morgan fingerprint density at radius 3 is 2.70 bits per heavy atom. The van der Waals surface area contributed by atoms with E-state index in [0.29, 0.717) is 16.1 Å². The molecule has 2 rings (SSSR count). The van der Waals surface area contributed by atoms with Crippen LogP contribution in [0.3, 0.4) is 0 Å². The summed E-state index contributed by atoms with van der Waals surface area (Å²) in [7, 11) is 0. The molecule has 0 aliphatic carbocycles. The highest BCUT2D eigenvalue weighted by atomic mass is 79.9. The highest BCUT2D eigenvalue weighted by molar-refractivity contribution is 9.10. The number of nitriles is 1. The van der Waals surface area contributed by atoms with Crippen LogP contribution in [0.1, 0.15) is 5.69 Å². The molecule has 1 heterocycles. The fourth-order valence-corrected chi connectivity index (χ4v) is 1.70. The topological polar surface area (TPSA) is 68.0 Å². The van der Waals surface area contributed by atoms with E-state index in [9.17, 15) is 4.39 Å². The predicted octanol–water partition coefficient (Wildman–Crippen LogP) is 2.71. The lowest BCUT2D eigenvalue weighted by atomic mass is 10.3.